The molecule has 1 N–H and O–H groups in total. The molecule has 0 saturated carbocycles. The van der Waals surface area contributed by atoms with E-state index in [1.54, 1.807) is 0 Å². The Morgan fingerprint density at radius 2 is 1.25 bits per heavy atom. The average Bonchev–Trinajstić information content (AvgIpc) is 2.92. The van der Waals surface area contributed by atoms with Crippen LogP contribution in [0.15, 0.2) is 0 Å². The number of aromatic nitrogens is 3. The quantitative estimate of drug-likeness (QED) is 0.238. The van der Waals surface area contributed by atoms with Gasteiger partial charge in [0.05, 0.1) is 0 Å². The van der Waals surface area contributed by atoms with Gasteiger partial charge in [-0.3, -0.25) is 9.69 Å². The second-order valence-corrected chi connectivity index (χ2v) is 12.4. The summed E-state index contributed by atoms with van der Waals surface area (Å²) in [5.74, 6) is -0.170. The van der Waals surface area contributed by atoms with Crippen LogP contribution in [-0.4, -0.2) is 55.0 Å². The highest BCUT2D eigenvalue weighted by Crippen LogP contribution is 2.46. The summed E-state index contributed by atoms with van der Waals surface area (Å²) in [6.07, 6.45) is 12.7. The second kappa shape index (κ2) is 11.9. The van der Waals surface area contributed by atoms with Crippen LogP contribution in [0.3, 0.4) is 0 Å². The number of carbonyl (C=O) groups excluding carboxylic acids is 2. The van der Waals surface area contributed by atoms with Gasteiger partial charge < -0.3 is 5.32 Å². The SMILES string of the molecule is CCCCCCCCCCCCN1C(=O)N(c2nc(Cl)nc(Cl)n2)C2(CC(C)(C)NC(C)(C)C2)C1=O. The van der Waals surface area contributed by atoms with Crippen LogP contribution in [0.2, 0.25) is 10.6 Å². The van der Waals surface area contributed by atoms with E-state index in [0.29, 0.717) is 19.4 Å². The number of imide groups is 1. The van der Waals surface area contributed by atoms with Gasteiger partial charge in [-0.1, -0.05) is 64.7 Å². The zero-order chi connectivity index (χ0) is 26.6. The van der Waals surface area contributed by atoms with E-state index in [9.17, 15) is 9.59 Å². The Kier molecular flexibility index (Phi) is 9.61. The molecule has 202 valence electrons. The Morgan fingerprint density at radius 1 is 0.778 bits per heavy atom. The fraction of sp³-hybridized carbons (Fsp3) is 0.808. The molecule has 36 heavy (non-hydrogen) atoms. The third-order valence-electron chi connectivity index (χ3n) is 7.14. The van der Waals surface area contributed by atoms with Gasteiger partial charge in [0.2, 0.25) is 16.5 Å². The van der Waals surface area contributed by atoms with Crippen LogP contribution in [0.25, 0.3) is 0 Å². The fourth-order valence-corrected chi connectivity index (χ4v) is 6.58. The first-order valence-corrected chi connectivity index (χ1v) is 14.2. The molecule has 0 unspecified atom stereocenters. The number of hydrogen-bond donors (Lipinski definition) is 1. The van der Waals surface area contributed by atoms with E-state index in [0.717, 1.165) is 19.3 Å². The second-order valence-electron chi connectivity index (χ2n) is 11.7. The number of anilines is 1. The highest BCUT2D eigenvalue weighted by atomic mass is 35.5. The van der Waals surface area contributed by atoms with Crippen molar-refractivity contribution >= 4 is 41.1 Å². The Morgan fingerprint density at radius 3 is 1.75 bits per heavy atom. The predicted molar refractivity (Wildman–Crippen MR) is 145 cm³/mol. The number of nitrogens with one attached hydrogen (secondary N) is 1. The molecule has 0 bridgehead atoms. The van der Waals surface area contributed by atoms with Crippen LogP contribution in [0.1, 0.15) is 112 Å². The van der Waals surface area contributed by atoms with Crippen LogP contribution in [0.5, 0.6) is 0 Å². The first-order valence-electron chi connectivity index (χ1n) is 13.4. The Balaban J connectivity index is 1.73. The number of urea groups is 1. The molecule has 3 heterocycles. The molecule has 0 aliphatic carbocycles. The smallest absolute Gasteiger partial charge is 0.307 e. The first-order chi connectivity index (χ1) is 16.9. The topological polar surface area (TPSA) is 91.3 Å². The largest absolute Gasteiger partial charge is 0.334 e. The van der Waals surface area contributed by atoms with Gasteiger partial charge in [0.1, 0.15) is 5.54 Å². The zero-order valence-corrected chi connectivity index (χ0v) is 24.0. The van der Waals surface area contributed by atoms with Gasteiger partial charge >= 0.3 is 6.03 Å². The van der Waals surface area contributed by atoms with Gasteiger partial charge in [-0.05, 0) is 70.2 Å². The molecule has 2 aliphatic rings. The van der Waals surface area contributed by atoms with Crippen molar-refractivity contribution in [2.45, 2.75) is 128 Å². The monoisotopic (exact) mass is 540 g/mol. The molecule has 8 nitrogen and oxygen atoms in total. The van der Waals surface area contributed by atoms with Crippen LogP contribution >= 0.6 is 23.2 Å². The van der Waals surface area contributed by atoms with Crippen molar-refractivity contribution in [1.82, 2.24) is 25.2 Å². The normalized spacial score (nSPS) is 20.5. The number of unbranched alkanes of at least 4 members (excludes halogenated alkanes) is 9. The predicted octanol–water partition coefficient (Wildman–Crippen LogP) is 6.55. The molecule has 2 aliphatic heterocycles. The maximum absolute atomic E-state index is 14.0. The van der Waals surface area contributed by atoms with Crippen LogP contribution in [0.4, 0.5) is 10.7 Å². The minimum absolute atomic E-state index is 0.0254. The van der Waals surface area contributed by atoms with E-state index in [4.69, 9.17) is 23.2 Å². The lowest BCUT2D eigenvalue weighted by Gasteiger charge is -2.52. The summed E-state index contributed by atoms with van der Waals surface area (Å²) in [5.41, 5.74) is -1.92. The summed E-state index contributed by atoms with van der Waals surface area (Å²) in [7, 11) is 0. The Hall–Kier alpha value is -1.51. The van der Waals surface area contributed by atoms with E-state index in [1.807, 2.05) is 27.7 Å². The van der Waals surface area contributed by atoms with Crippen molar-refractivity contribution in [2.24, 2.45) is 0 Å². The van der Waals surface area contributed by atoms with E-state index in [2.05, 4.69) is 27.2 Å². The summed E-state index contributed by atoms with van der Waals surface area (Å²) in [6.45, 7) is 10.8. The molecule has 3 rings (SSSR count). The van der Waals surface area contributed by atoms with Crippen LogP contribution in [0, 0.1) is 0 Å². The highest BCUT2D eigenvalue weighted by Gasteiger charge is 2.64. The summed E-state index contributed by atoms with van der Waals surface area (Å²) in [6, 6.07) is -0.414. The van der Waals surface area contributed by atoms with Crippen molar-refractivity contribution in [1.29, 1.82) is 0 Å². The van der Waals surface area contributed by atoms with E-state index < -0.39 is 22.6 Å². The number of nitrogens with zero attached hydrogens (tertiary/aromatic N) is 5. The van der Waals surface area contributed by atoms with Gasteiger partial charge in [0.15, 0.2) is 0 Å². The van der Waals surface area contributed by atoms with Crippen molar-refractivity contribution < 1.29 is 9.59 Å². The van der Waals surface area contributed by atoms with Crippen molar-refractivity contribution in [2.75, 3.05) is 11.4 Å². The molecule has 0 atom stereocenters. The Bertz CT molecular complexity index is 903. The third kappa shape index (κ3) is 6.87. The van der Waals surface area contributed by atoms with Gasteiger partial charge in [0.25, 0.3) is 5.91 Å². The molecular weight excluding hydrogens is 499 g/mol. The van der Waals surface area contributed by atoms with E-state index in [-0.39, 0.29) is 22.4 Å². The van der Waals surface area contributed by atoms with Crippen molar-refractivity contribution in [3.05, 3.63) is 10.6 Å². The molecule has 1 aromatic rings. The van der Waals surface area contributed by atoms with Crippen molar-refractivity contribution in [3.8, 4) is 0 Å². The summed E-state index contributed by atoms with van der Waals surface area (Å²) in [5, 5.41) is 3.38. The lowest BCUT2D eigenvalue weighted by Crippen LogP contribution is -2.69. The summed E-state index contributed by atoms with van der Waals surface area (Å²) >= 11 is 12.1. The number of hydrogen-bond acceptors (Lipinski definition) is 6. The number of carbonyl (C=O) groups is 2. The molecule has 2 saturated heterocycles. The number of rotatable bonds is 12. The fourth-order valence-electron chi connectivity index (χ4n) is 6.22. The standard InChI is InChI=1S/C26H42Cl2N6O2/c1-6-7-8-9-10-11-12-13-14-15-16-33-19(35)26(17-24(2,3)32-25(4,5)18-26)34(23(33)36)22-30-20(27)29-21(28)31-22/h32H,6-18H2,1-5H3. The first kappa shape index (κ1) is 29.1. The van der Waals surface area contributed by atoms with E-state index in [1.165, 1.54) is 54.7 Å². The lowest BCUT2D eigenvalue weighted by molar-refractivity contribution is -0.134. The van der Waals surface area contributed by atoms with Crippen LogP contribution < -0.4 is 10.2 Å². The zero-order valence-electron chi connectivity index (χ0n) is 22.5. The minimum Gasteiger partial charge on any atom is -0.307 e. The minimum atomic E-state index is -1.12. The molecule has 1 spiro atoms. The summed E-state index contributed by atoms with van der Waals surface area (Å²) < 4.78 is 0. The van der Waals surface area contributed by atoms with E-state index >= 15 is 0 Å². The average molecular weight is 542 g/mol. The molecule has 2 fully saturated rings. The number of amides is 3. The van der Waals surface area contributed by atoms with Gasteiger partial charge in [-0.2, -0.15) is 15.0 Å². The van der Waals surface area contributed by atoms with Gasteiger partial charge in [0, 0.05) is 17.6 Å². The summed E-state index contributed by atoms with van der Waals surface area (Å²) in [4.78, 5) is 42.8. The molecule has 0 radical (unpaired) electrons. The maximum atomic E-state index is 14.0. The molecular formula is C26H42Cl2N6O2. The van der Waals surface area contributed by atoms with Crippen LogP contribution in [-0.2, 0) is 4.79 Å². The molecule has 10 heteroatoms. The van der Waals surface area contributed by atoms with Crippen molar-refractivity contribution in [3.63, 3.8) is 0 Å². The molecule has 1 aromatic heterocycles. The maximum Gasteiger partial charge on any atom is 0.334 e. The third-order valence-corrected chi connectivity index (χ3v) is 7.48. The van der Waals surface area contributed by atoms with Gasteiger partial charge in [-0.15, -0.1) is 0 Å². The Labute approximate surface area is 225 Å². The molecule has 3 amide bonds. The highest BCUT2D eigenvalue weighted by molar-refractivity contribution is 6.31. The van der Waals surface area contributed by atoms with Gasteiger partial charge in [-0.25, -0.2) is 9.69 Å². The molecule has 0 aromatic carbocycles. The number of piperidine rings is 1. The number of halogens is 2. The lowest BCUT2D eigenvalue weighted by atomic mass is 9.70.